The van der Waals surface area contributed by atoms with Gasteiger partial charge in [-0.25, -0.2) is 9.78 Å². The molecule has 0 saturated carbocycles. The fraction of sp³-hybridized carbons (Fsp3) is 0.143. The number of hydrogen-bond acceptors (Lipinski definition) is 5. The molecule has 0 aliphatic heterocycles. The molecule has 1 unspecified atom stereocenters. The summed E-state index contributed by atoms with van der Waals surface area (Å²) in [5.74, 6) is -2.58. The zero-order chi connectivity index (χ0) is 15.4. The van der Waals surface area contributed by atoms with E-state index in [9.17, 15) is 14.4 Å². The normalized spacial score (nSPS) is 11.8. The van der Waals surface area contributed by atoms with Crippen LogP contribution in [0.3, 0.4) is 0 Å². The number of fused-ring (bicyclic) bond motifs is 1. The molecule has 1 aromatic carbocycles. The molecule has 2 aromatic rings. The molecule has 2 amide bonds. The number of esters is 1. The van der Waals surface area contributed by atoms with E-state index in [0.29, 0.717) is 5.52 Å². The predicted molar refractivity (Wildman–Crippen MR) is 74.0 cm³/mol. The maximum absolute atomic E-state index is 11.9. The van der Waals surface area contributed by atoms with Gasteiger partial charge < -0.3 is 16.2 Å². The molecular weight excluding hydrogens is 274 g/mol. The first-order chi connectivity index (χ1) is 9.97. The van der Waals surface area contributed by atoms with Gasteiger partial charge in [0.25, 0.3) is 5.91 Å². The summed E-state index contributed by atoms with van der Waals surface area (Å²) in [4.78, 5) is 38.0. The van der Waals surface area contributed by atoms with Crippen LogP contribution in [-0.2, 0) is 14.3 Å². The molecule has 1 heterocycles. The summed E-state index contributed by atoms with van der Waals surface area (Å²) in [6.45, 7) is 0. The van der Waals surface area contributed by atoms with E-state index < -0.39 is 30.3 Å². The van der Waals surface area contributed by atoms with Crippen LogP contribution in [0.25, 0.3) is 10.9 Å². The van der Waals surface area contributed by atoms with Crippen LogP contribution in [0.4, 0.5) is 0 Å². The molecule has 0 spiro atoms. The minimum absolute atomic E-state index is 0.0180. The molecule has 2 rings (SSSR count). The summed E-state index contributed by atoms with van der Waals surface area (Å²) in [5, 5.41) is 0.859. The molecule has 0 fully saturated rings. The number of para-hydroxylation sites is 1. The third-order valence-electron chi connectivity index (χ3n) is 2.76. The fourth-order valence-corrected chi connectivity index (χ4v) is 1.75. The van der Waals surface area contributed by atoms with Gasteiger partial charge in [0.2, 0.25) is 5.91 Å². The van der Waals surface area contributed by atoms with Crippen molar-refractivity contribution in [3.63, 3.8) is 0 Å². The fourth-order valence-electron chi connectivity index (χ4n) is 1.75. The second kappa shape index (κ2) is 6.00. The average Bonchev–Trinajstić information content (AvgIpc) is 2.45. The lowest BCUT2D eigenvalue weighted by Gasteiger charge is -2.12. The Hall–Kier alpha value is -2.96. The SMILES string of the molecule is NC(=O)CC(OC(=O)c1ccc2ccccc2n1)C(N)=O. The topological polar surface area (TPSA) is 125 Å². The minimum atomic E-state index is -1.40. The molecule has 21 heavy (non-hydrogen) atoms. The minimum Gasteiger partial charge on any atom is -0.447 e. The highest BCUT2D eigenvalue weighted by molar-refractivity contribution is 5.94. The van der Waals surface area contributed by atoms with Crippen molar-refractivity contribution in [2.45, 2.75) is 12.5 Å². The lowest BCUT2D eigenvalue weighted by molar-refractivity contribution is -0.131. The van der Waals surface area contributed by atoms with Crippen molar-refractivity contribution >= 4 is 28.7 Å². The summed E-state index contributed by atoms with van der Waals surface area (Å²) in [6.07, 6.45) is -1.86. The van der Waals surface area contributed by atoms with E-state index >= 15 is 0 Å². The Balaban J connectivity index is 2.20. The molecule has 0 aliphatic carbocycles. The zero-order valence-electron chi connectivity index (χ0n) is 11.0. The van der Waals surface area contributed by atoms with Crippen molar-refractivity contribution in [1.29, 1.82) is 0 Å². The highest BCUT2D eigenvalue weighted by Crippen LogP contribution is 2.13. The van der Waals surface area contributed by atoms with Gasteiger partial charge >= 0.3 is 5.97 Å². The monoisotopic (exact) mass is 287 g/mol. The van der Waals surface area contributed by atoms with Gasteiger partial charge in [0.15, 0.2) is 6.10 Å². The Bertz CT molecular complexity index is 714. The number of hydrogen-bond donors (Lipinski definition) is 2. The molecule has 0 aliphatic rings. The zero-order valence-corrected chi connectivity index (χ0v) is 11.0. The van der Waals surface area contributed by atoms with Gasteiger partial charge in [-0.05, 0) is 12.1 Å². The van der Waals surface area contributed by atoms with E-state index in [2.05, 4.69) is 4.98 Å². The molecule has 1 atom stereocenters. The number of nitrogens with zero attached hydrogens (tertiary/aromatic N) is 1. The highest BCUT2D eigenvalue weighted by atomic mass is 16.5. The van der Waals surface area contributed by atoms with E-state index in [0.717, 1.165) is 5.39 Å². The molecule has 0 radical (unpaired) electrons. The van der Waals surface area contributed by atoms with Crippen molar-refractivity contribution in [2.24, 2.45) is 11.5 Å². The lowest BCUT2D eigenvalue weighted by atomic mass is 10.2. The number of primary amides is 2. The van der Waals surface area contributed by atoms with Crippen molar-refractivity contribution in [1.82, 2.24) is 4.98 Å². The number of amides is 2. The van der Waals surface area contributed by atoms with E-state index in [-0.39, 0.29) is 5.69 Å². The quantitative estimate of drug-likeness (QED) is 0.755. The Morgan fingerprint density at radius 3 is 2.48 bits per heavy atom. The number of nitrogens with two attached hydrogens (primary N) is 2. The van der Waals surface area contributed by atoms with Crippen LogP contribution in [-0.4, -0.2) is 28.9 Å². The predicted octanol–water partition coefficient (Wildman–Crippen LogP) is 0.121. The third-order valence-corrected chi connectivity index (χ3v) is 2.76. The Kier molecular flexibility index (Phi) is 4.13. The Morgan fingerprint density at radius 2 is 1.81 bits per heavy atom. The molecule has 7 nitrogen and oxygen atoms in total. The molecule has 1 aromatic heterocycles. The number of pyridine rings is 1. The summed E-state index contributed by atoms with van der Waals surface area (Å²) in [5.41, 5.74) is 10.7. The average molecular weight is 287 g/mol. The van der Waals surface area contributed by atoms with Crippen LogP contribution >= 0.6 is 0 Å². The van der Waals surface area contributed by atoms with Gasteiger partial charge in [0.05, 0.1) is 11.9 Å². The van der Waals surface area contributed by atoms with Gasteiger partial charge in [-0.3, -0.25) is 9.59 Å². The van der Waals surface area contributed by atoms with Crippen LogP contribution in [0.5, 0.6) is 0 Å². The number of aromatic nitrogens is 1. The van der Waals surface area contributed by atoms with Crippen molar-refractivity contribution < 1.29 is 19.1 Å². The van der Waals surface area contributed by atoms with E-state index in [1.165, 1.54) is 6.07 Å². The molecule has 0 bridgehead atoms. The van der Waals surface area contributed by atoms with E-state index in [4.69, 9.17) is 16.2 Å². The number of carbonyl (C=O) groups excluding carboxylic acids is 3. The van der Waals surface area contributed by atoms with Crippen molar-refractivity contribution in [3.05, 3.63) is 42.1 Å². The molecule has 7 heteroatoms. The standard InChI is InChI=1S/C14H13N3O4/c15-12(18)7-11(13(16)19)21-14(20)10-6-5-8-3-1-2-4-9(8)17-10/h1-6,11H,7H2,(H2,15,18)(H2,16,19). The van der Waals surface area contributed by atoms with E-state index in [1.54, 1.807) is 18.2 Å². The first-order valence-corrected chi connectivity index (χ1v) is 6.12. The maximum Gasteiger partial charge on any atom is 0.357 e. The lowest BCUT2D eigenvalue weighted by Crippen LogP contribution is -2.36. The molecule has 4 N–H and O–H groups in total. The van der Waals surface area contributed by atoms with E-state index in [1.807, 2.05) is 12.1 Å². The highest BCUT2D eigenvalue weighted by Gasteiger charge is 2.24. The smallest absolute Gasteiger partial charge is 0.357 e. The van der Waals surface area contributed by atoms with Gasteiger partial charge in [0, 0.05) is 5.39 Å². The molecule has 108 valence electrons. The van der Waals surface area contributed by atoms with Crippen molar-refractivity contribution in [3.8, 4) is 0 Å². The van der Waals surface area contributed by atoms with Gasteiger partial charge in [-0.2, -0.15) is 0 Å². The van der Waals surface area contributed by atoms with Crippen LogP contribution in [0.15, 0.2) is 36.4 Å². The number of carbonyl (C=O) groups is 3. The maximum atomic E-state index is 11.9. The molecule has 0 saturated heterocycles. The number of benzene rings is 1. The van der Waals surface area contributed by atoms with Crippen LogP contribution in [0, 0.1) is 0 Å². The Labute approximate surface area is 119 Å². The van der Waals surface area contributed by atoms with Gasteiger partial charge in [0.1, 0.15) is 5.69 Å². The Morgan fingerprint density at radius 1 is 1.10 bits per heavy atom. The van der Waals surface area contributed by atoms with Crippen molar-refractivity contribution in [2.75, 3.05) is 0 Å². The third kappa shape index (κ3) is 3.53. The number of rotatable bonds is 5. The molecular formula is C14H13N3O4. The first-order valence-electron chi connectivity index (χ1n) is 6.12. The van der Waals surface area contributed by atoms with Crippen LogP contribution in [0.1, 0.15) is 16.9 Å². The number of ether oxygens (including phenoxy) is 1. The summed E-state index contributed by atoms with van der Waals surface area (Å²) in [6, 6.07) is 10.4. The van der Waals surface area contributed by atoms with Gasteiger partial charge in [-0.15, -0.1) is 0 Å². The first kappa shape index (κ1) is 14.4. The summed E-state index contributed by atoms with van der Waals surface area (Å²) < 4.78 is 4.88. The largest absolute Gasteiger partial charge is 0.447 e. The summed E-state index contributed by atoms with van der Waals surface area (Å²) >= 11 is 0. The second-order valence-electron chi connectivity index (χ2n) is 4.36. The summed E-state index contributed by atoms with van der Waals surface area (Å²) in [7, 11) is 0. The second-order valence-corrected chi connectivity index (χ2v) is 4.36. The van der Waals surface area contributed by atoms with Crippen LogP contribution < -0.4 is 11.5 Å². The van der Waals surface area contributed by atoms with Gasteiger partial charge in [-0.1, -0.05) is 24.3 Å². The van der Waals surface area contributed by atoms with Crippen LogP contribution in [0.2, 0.25) is 0 Å².